The van der Waals surface area contributed by atoms with Crippen LogP contribution in [-0.2, 0) is 14.8 Å². The van der Waals surface area contributed by atoms with Gasteiger partial charge in [0.25, 0.3) is 15.6 Å². The molecule has 9 nitrogen and oxygen atoms in total. The van der Waals surface area contributed by atoms with Crippen molar-refractivity contribution in [2.24, 2.45) is 0 Å². The molecule has 1 aliphatic heterocycles. The Morgan fingerprint density at radius 3 is 2.50 bits per heavy atom. The van der Waals surface area contributed by atoms with E-state index in [1.54, 1.807) is 12.1 Å². The highest BCUT2D eigenvalue weighted by atomic mass is 35.5. The van der Waals surface area contributed by atoms with Crippen LogP contribution in [0.5, 0.6) is 0 Å². The largest absolute Gasteiger partial charge is 0.378 e. The quantitative estimate of drug-likeness (QED) is 0.692. The molecular formula is C15H17ClN4O5S. The van der Waals surface area contributed by atoms with Crippen LogP contribution in [0.25, 0.3) is 0 Å². The molecule has 0 radical (unpaired) electrons. The van der Waals surface area contributed by atoms with E-state index in [1.165, 1.54) is 13.0 Å². The molecule has 1 aromatic carbocycles. The number of halogens is 1. The SMILES string of the molecule is Cc1[nH]c(=O)[nH]c(=O)c1S(=O)(=O)Nc1ccc(N2CCOCC2)cc1Cl. The Morgan fingerprint density at radius 1 is 1.19 bits per heavy atom. The van der Waals surface area contributed by atoms with Crippen molar-refractivity contribution in [3.8, 4) is 0 Å². The highest BCUT2D eigenvalue weighted by molar-refractivity contribution is 7.92. The van der Waals surface area contributed by atoms with Crippen molar-refractivity contribution in [1.82, 2.24) is 9.97 Å². The fourth-order valence-corrected chi connectivity index (χ4v) is 4.31. The van der Waals surface area contributed by atoms with Crippen LogP contribution in [0.1, 0.15) is 5.69 Å². The number of nitrogens with one attached hydrogen (secondary N) is 3. The monoisotopic (exact) mass is 400 g/mol. The molecule has 26 heavy (non-hydrogen) atoms. The van der Waals surface area contributed by atoms with Crippen molar-refractivity contribution in [1.29, 1.82) is 0 Å². The number of H-pyrrole nitrogens is 2. The third-order valence-electron chi connectivity index (χ3n) is 3.92. The molecule has 0 amide bonds. The predicted molar refractivity (Wildman–Crippen MR) is 97.7 cm³/mol. The minimum Gasteiger partial charge on any atom is -0.378 e. The number of morpholine rings is 1. The van der Waals surface area contributed by atoms with Gasteiger partial charge in [-0.15, -0.1) is 0 Å². The third kappa shape index (κ3) is 3.76. The van der Waals surface area contributed by atoms with Crippen molar-refractivity contribution in [2.75, 3.05) is 35.9 Å². The fourth-order valence-electron chi connectivity index (χ4n) is 2.71. The minimum atomic E-state index is -4.23. The number of anilines is 2. The average Bonchev–Trinajstić information content (AvgIpc) is 2.56. The molecule has 0 spiro atoms. The van der Waals surface area contributed by atoms with Gasteiger partial charge in [-0.3, -0.25) is 14.5 Å². The van der Waals surface area contributed by atoms with Gasteiger partial charge in [0, 0.05) is 24.5 Å². The lowest BCUT2D eigenvalue weighted by atomic mass is 10.2. The Balaban J connectivity index is 1.91. The van der Waals surface area contributed by atoms with E-state index in [9.17, 15) is 18.0 Å². The summed E-state index contributed by atoms with van der Waals surface area (Å²) >= 11 is 6.22. The third-order valence-corrected chi connectivity index (χ3v) is 5.75. The molecule has 1 aliphatic rings. The van der Waals surface area contributed by atoms with E-state index in [1.807, 2.05) is 4.98 Å². The molecular weight excluding hydrogens is 384 g/mol. The summed E-state index contributed by atoms with van der Waals surface area (Å²) in [5.41, 5.74) is -0.862. The van der Waals surface area contributed by atoms with Gasteiger partial charge in [-0.25, -0.2) is 13.2 Å². The van der Waals surface area contributed by atoms with Crippen molar-refractivity contribution >= 4 is 33.0 Å². The van der Waals surface area contributed by atoms with E-state index in [2.05, 4.69) is 14.6 Å². The van der Waals surface area contributed by atoms with Crippen LogP contribution in [0.4, 0.5) is 11.4 Å². The first-order valence-electron chi connectivity index (χ1n) is 7.76. The summed E-state index contributed by atoms with van der Waals surface area (Å²) in [5, 5.41) is 0.191. The van der Waals surface area contributed by atoms with E-state index < -0.39 is 26.2 Å². The molecule has 3 rings (SSSR count). The highest BCUT2D eigenvalue weighted by Crippen LogP contribution is 2.29. The molecule has 0 bridgehead atoms. The number of aromatic amines is 2. The maximum atomic E-state index is 12.6. The number of sulfonamides is 1. The van der Waals surface area contributed by atoms with Gasteiger partial charge >= 0.3 is 5.69 Å². The number of hydrogen-bond donors (Lipinski definition) is 3. The van der Waals surface area contributed by atoms with Gasteiger partial charge in [0.2, 0.25) is 0 Å². The van der Waals surface area contributed by atoms with Crippen molar-refractivity contribution in [3.05, 3.63) is 49.8 Å². The second-order valence-corrected chi connectivity index (χ2v) is 7.76. The number of rotatable bonds is 4. The predicted octanol–water partition coefficient (Wildman–Crippen LogP) is 0.662. The molecule has 2 aromatic rings. The normalized spacial score (nSPS) is 15.1. The topological polar surface area (TPSA) is 124 Å². The zero-order valence-electron chi connectivity index (χ0n) is 13.8. The zero-order valence-corrected chi connectivity index (χ0v) is 15.4. The first-order valence-corrected chi connectivity index (χ1v) is 9.62. The molecule has 140 valence electrons. The van der Waals surface area contributed by atoms with Gasteiger partial charge in [0.1, 0.15) is 0 Å². The highest BCUT2D eigenvalue weighted by Gasteiger charge is 2.23. The van der Waals surface area contributed by atoms with E-state index in [0.29, 0.717) is 26.3 Å². The molecule has 0 aliphatic carbocycles. The van der Waals surface area contributed by atoms with E-state index in [-0.39, 0.29) is 16.4 Å². The summed E-state index contributed by atoms with van der Waals surface area (Å²) in [6, 6.07) is 4.91. The molecule has 1 aromatic heterocycles. The van der Waals surface area contributed by atoms with Gasteiger partial charge in [0.05, 0.1) is 23.9 Å². The van der Waals surface area contributed by atoms with Crippen LogP contribution in [0.2, 0.25) is 5.02 Å². The maximum absolute atomic E-state index is 12.6. The molecule has 1 saturated heterocycles. The Labute approximate surface area is 154 Å². The summed E-state index contributed by atoms with van der Waals surface area (Å²) in [4.78, 5) is 28.8. The van der Waals surface area contributed by atoms with Crippen LogP contribution in [0, 0.1) is 6.92 Å². The number of hydrogen-bond acceptors (Lipinski definition) is 6. The second-order valence-electron chi connectivity index (χ2n) is 5.73. The summed E-state index contributed by atoms with van der Waals surface area (Å²) < 4.78 is 32.7. The van der Waals surface area contributed by atoms with Crippen LogP contribution in [-0.4, -0.2) is 44.7 Å². The molecule has 2 heterocycles. The minimum absolute atomic E-state index is 0.0627. The lowest BCUT2D eigenvalue weighted by Gasteiger charge is -2.29. The van der Waals surface area contributed by atoms with Crippen LogP contribution >= 0.6 is 11.6 Å². The summed E-state index contributed by atoms with van der Waals surface area (Å²) in [5.74, 6) is 0. The molecule has 3 N–H and O–H groups in total. The van der Waals surface area contributed by atoms with Gasteiger partial charge in [-0.2, -0.15) is 0 Å². The number of nitrogens with zero attached hydrogens (tertiary/aromatic N) is 1. The van der Waals surface area contributed by atoms with Gasteiger partial charge in [0.15, 0.2) is 4.90 Å². The van der Waals surface area contributed by atoms with Gasteiger partial charge in [-0.05, 0) is 25.1 Å². The van der Waals surface area contributed by atoms with Crippen LogP contribution in [0.15, 0.2) is 32.7 Å². The van der Waals surface area contributed by atoms with E-state index in [4.69, 9.17) is 16.3 Å². The van der Waals surface area contributed by atoms with Crippen LogP contribution < -0.4 is 20.9 Å². The first kappa shape index (κ1) is 18.5. The zero-order chi connectivity index (χ0) is 18.9. The van der Waals surface area contributed by atoms with Gasteiger partial charge < -0.3 is 14.6 Å². The lowest BCUT2D eigenvalue weighted by Crippen LogP contribution is -2.36. The van der Waals surface area contributed by atoms with E-state index >= 15 is 0 Å². The molecule has 11 heteroatoms. The average molecular weight is 401 g/mol. The maximum Gasteiger partial charge on any atom is 0.325 e. The summed E-state index contributed by atoms with van der Waals surface area (Å²) in [6.07, 6.45) is 0. The molecule has 0 saturated carbocycles. The summed E-state index contributed by atoms with van der Waals surface area (Å²) in [7, 11) is -4.23. The standard InChI is InChI=1S/C15H17ClN4O5S/c1-9-13(14(21)18-15(22)17-9)26(23,24)19-12-3-2-10(8-11(12)16)20-4-6-25-7-5-20/h2-3,8,19H,4-7H2,1H3,(H2,17,18,21,22). The first-order chi connectivity index (χ1) is 12.3. The van der Waals surface area contributed by atoms with Crippen molar-refractivity contribution < 1.29 is 13.2 Å². The Bertz CT molecular complexity index is 1040. The van der Waals surface area contributed by atoms with Crippen LogP contribution in [0.3, 0.4) is 0 Å². The van der Waals surface area contributed by atoms with Gasteiger partial charge in [-0.1, -0.05) is 11.6 Å². The second kappa shape index (κ2) is 7.14. The number of aryl methyl sites for hydroxylation is 1. The smallest absolute Gasteiger partial charge is 0.325 e. The Hall–Kier alpha value is -2.30. The Kier molecular flexibility index (Phi) is 5.08. The number of ether oxygens (including phenoxy) is 1. The number of aromatic nitrogens is 2. The molecule has 1 fully saturated rings. The Morgan fingerprint density at radius 2 is 1.88 bits per heavy atom. The number of benzene rings is 1. The summed E-state index contributed by atoms with van der Waals surface area (Å²) in [6.45, 7) is 3.98. The molecule has 0 unspecified atom stereocenters. The van der Waals surface area contributed by atoms with Crippen molar-refractivity contribution in [2.45, 2.75) is 11.8 Å². The molecule has 0 atom stereocenters. The van der Waals surface area contributed by atoms with Crippen molar-refractivity contribution in [3.63, 3.8) is 0 Å². The lowest BCUT2D eigenvalue weighted by molar-refractivity contribution is 0.122. The fraction of sp³-hybridized carbons (Fsp3) is 0.333. The van der Waals surface area contributed by atoms with E-state index in [0.717, 1.165) is 5.69 Å².